The maximum atomic E-state index is 13.4. The van der Waals surface area contributed by atoms with Crippen LogP contribution >= 0.6 is 11.8 Å². The van der Waals surface area contributed by atoms with Crippen LogP contribution in [0.5, 0.6) is 5.75 Å². The monoisotopic (exact) mass is 501 g/mol. The SMILES string of the molecule is O=Cc1ccc(Sc2ccc(N3C(=O)C(Oc4ccc5ccccc5c4)C3c3ccccc3)cc2)cc1. The summed E-state index contributed by atoms with van der Waals surface area (Å²) in [7, 11) is 0. The molecule has 1 saturated heterocycles. The zero-order valence-electron chi connectivity index (χ0n) is 19.9. The van der Waals surface area contributed by atoms with Gasteiger partial charge in [-0.05, 0) is 64.9 Å². The Hall–Kier alpha value is -4.35. The summed E-state index contributed by atoms with van der Waals surface area (Å²) in [5.74, 6) is 0.622. The van der Waals surface area contributed by atoms with Crippen LogP contribution in [-0.2, 0) is 4.79 Å². The van der Waals surface area contributed by atoms with Crippen LogP contribution in [0.1, 0.15) is 22.0 Å². The Morgan fingerprint density at radius 1 is 0.703 bits per heavy atom. The zero-order valence-corrected chi connectivity index (χ0v) is 20.7. The molecule has 1 fully saturated rings. The molecule has 2 unspecified atom stereocenters. The predicted molar refractivity (Wildman–Crippen MR) is 147 cm³/mol. The van der Waals surface area contributed by atoms with Crippen LogP contribution in [0.25, 0.3) is 10.8 Å². The molecule has 6 rings (SSSR count). The minimum Gasteiger partial charge on any atom is -0.478 e. The van der Waals surface area contributed by atoms with E-state index in [0.717, 1.165) is 38.1 Å². The molecule has 5 heteroatoms. The normalized spacial score (nSPS) is 16.9. The van der Waals surface area contributed by atoms with Crippen LogP contribution in [0.15, 0.2) is 131 Å². The van der Waals surface area contributed by atoms with Gasteiger partial charge in [-0.3, -0.25) is 14.5 Å². The quantitative estimate of drug-likeness (QED) is 0.173. The molecule has 0 aliphatic carbocycles. The van der Waals surface area contributed by atoms with E-state index in [0.29, 0.717) is 11.3 Å². The second-order valence-corrected chi connectivity index (χ2v) is 10.0. The number of ether oxygens (including phenoxy) is 1. The van der Waals surface area contributed by atoms with E-state index >= 15 is 0 Å². The number of amides is 1. The number of carbonyl (C=O) groups is 2. The van der Waals surface area contributed by atoms with Crippen molar-refractivity contribution >= 4 is 40.4 Å². The van der Waals surface area contributed by atoms with Crippen molar-refractivity contribution in [2.24, 2.45) is 0 Å². The maximum Gasteiger partial charge on any atom is 0.271 e. The molecule has 5 aromatic rings. The molecule has 0 radical (unpaired) electrons. The fraction of sp³-hybridized carbons (Fsp3) is 0.0625. The summed E-state index contributed by atoms with van der Waals surface area (Å²) in [5.41, 5.74) is 2.52. The number of carbonyl (C=O) groups excluding carboxylic acids is 2. The number of benzene rings is 5. The van der Waals surface area contributed by atoms with Crippen LogP contribution in [0.4, 0.5) is 5.69 Å². The molecule has 1 heterocycles. The zero-order chi connectivity index (χ0) is 25.2. The Morgan fingerprint density at radius 3 is 2.05 bits per heavy atom. The van der Waals surface area contributed by atoms with Crippen molar-refractivity contribution in [2.75, 3.05) is 4.90 Å². The van der Waals surface area contributed by atoms with Crippen LogP contribution in [0.3, 0.4) is 0 Å². The molecular weight excluding hydrogens is 478 g/mol. The van der Waals surface area contributed by atoms with Gasteiger partial charge >= 0.3 is 0 Å². The lowest BCUT2D eigenvalue weighted by molar-refractivity contribution is -0.135. The van der Waals surface area contributed by atoms with Gasteiger partial charge in [0, 0.05) is 21.0 Å². The summed E-state index contributed by atoms with van der Waals surface area (Å²) in [6.45, 7) is 0. The van der Waals surface area contributed by atoms with Gasteiger partial charge in [0.15, 0.2) is 0 Å². The van der Waals surface area contributed by atoms with Gasteiger partial charge < -0.3 is 4.74 Å². The van der Waals surface area contributed by atoms with Crippen molar-refractivity contribution < 1.29 is 14.3 Å². The standard InChI is InChI=1S/C32H23NO3S/c34-21-22-10-16-28(17-11-22)37-29-18-13-26(14-19-29)33-30(24-7-2-1-3-8-24)31(32(33)35)36-27-15-12-23-6-4-5-9-25(23)20-27/h1-21,30-31H. The van der Waals surface area contributed by atoms with Gasteiger partial charge in [0.05, 0.1) is 0 Å². The van der Waals surface area contributed by atoms with Crippen LogP contribution in [0, 0.1) is 0 Å². The first-order valence-electron chi connectivity index (χ1n) is 12.1. The second kappa shape index (κ2) is 9.96. The first-order valence-corrected chi connectivity index (χ1v) is 12.9. The van der Waals surface area contributed by atoms with Crippen molar-refractivity contribution in [2.45, 2.75) is 21.9 Å². The third-order valence-electron chi connectivity index (χ3n) is 6.54. The number of anilines is 1. The number of aldehydes is 1. The fourth-order valence-corrected chi connectivity index (χ4v) is 5.47. The lowest BCUT2D eigenvalue weighted by Crippen LogP contribution is -2.61. The molecule has 0 saturated carbocycles. The first kappa shape index (κ1) is 23.1. The van der Waals surface area contributed by atoms with E-state index in [1.54, 1.807) is 11.8 Å². The van der Waals surface area contributed by atoms with Gasteiger partial charge in [0.2, 0.25) is 6.10 Å². The summed E-state index contributed by atoms with van der Waals surface area (Å²) in [6.07, 6.45) is 0.238. The molecule has 5 aromatic carbocycles. The Bertz CT molecular complexity index is 1570. The van der Waals surface area contributed by atoms with Crippen molar-refractivity contribution in [3.8, 4) is 5.75 Å². The van der Waals surface area contributed by atoms with E-state index in [2.05, 4.69) is 6.07 Å². The van der Waals surface area contributed by atoms with Gasteiger partial charge in [-0.15, -0.1) is 0 Å². The molecule has 180 valence electrons. The number of β-lactam (4-membered cyclic amide) rings is 1. The number of hydrogen-bond donors (Lipinski definition) is 0. The Kier molecular flexibility index (Phi) is 6.21. The molecule has 0 bridgehead atoms. The Labute approximate surface area is 219 Å². The number of hydrogen-bond acceptors (Lipinski definition) is 4. The van der Waals surface area contributed by atoms with Gasteiger partial charge in [-0.25, -0.2) is 0 Å². The molecular formula is C32H23NO3S. The van der Waals surface area contributed by atoms with Gasteiger partial charge in [-0.1, -0.05) is 84.6 Å². The largest absolute Gasteiger partial charge is 0.478 e. The highest BCUT2D eigenvalue weighted by atomic mass is 32.2. The lowest BCUT2D eigenvalue weighted by Gasteiger charge is -2.46. The molecule has 1 aliphatic rings. The van der Waals surface area contributed by atoms with Gasteiger partial charge in [-0.2, -0.15) is 0 Å². The van der Waals surface area contributed by atoms with Gasteiger partial charge in [0.25, 0.3) is 5.91 Å². The molecule has 4 nitrogen and oxygen atoms in total. The summed E-state index contributed by atoms with van der Waals surface area (Å²) >= 11 is 1.61. The van der Waals surface area contributed by atoms with E-state index in [9.17, 15) is 9.59 Å². The first-order chi connectivity index (χ1) is 18.2. The van der Waals surface area contributed by atoms with E-state index < -0.39 is 6.10 Å². The van der Waals surface area contributed by atoms with Crippen molar-refractivity contribution in [1.29, 1.82) is 0 Å². The van der Waals surface area contributed by atoms with Gasteiger partial charge in [0.1, 0.15) is 18.1 Å². The maximum absolute atomic E-state index is 13.4. The Morgan fingerprint density at radius 2 is 1.35 bits per heavy atom. The fourth-order valence-electron chi connectivity index (χ4n) is 4.65. The topological polar surface area (TPSA) is 46.6 Å². The van der Waals surface area contributed by atoms with Crippen LogP contribution in [0.2, 0.25) is 0 Å². The average Bonchev–Trinajstić information content (AvgIpc) is 2.96. The lowest BCUT2D eigenvalue weighted by atomic mass is 9.89. The smallest absolute Gasteiger partial charge is 0.271 e. The third-order valence-corrected chi connectivity index (χ3v) is 7.55. The minimum absolute atomic E-state index is 0.0631. The van der Waals surface area contributed by atoms with E-state index in [-0.39, 0.29) is 11.9 Å². The summed E-state index contributed by atoms with van der Waals surface area (Å²) < 4.78 is 6.29. The highest BCUT2D eigenvalue weighted by Crippen LogP contribution is 2.42. The van der Waals surface area contributed by atoms with Crippen LogP contribution < -0.4 is 9.64 Å². The van der Waals surface area contributed by atoms with Crippen LogP contribution in [-0.4, -0.2) is 18.3 Å². The highest BCUT2D eigenvalue weighted by Gasteiger charge is 2.51. The number of fused-ring (bicyclic) bond motifs is 1. The number of nitrogens with zero attached hydrogens (tertiary/aromatic N) is 1. The Balaban J connectivity index is 1.25. The molecule has 0 spiro atoms. The van der Waals surface area contributed by atoms with Crippen molar-refractivity contribution in [3.63, 3.8) is 0 Å². The molecule has 0 aromatic heterocycles. The van der Waals surface area contributed by atoms with E-state index in [4.69, 9.17) is 4.74 Å². The highest BCUT2D eigenvalue weighted by molar-refractivity contribution is 7.99. The predicted octanol–water partition coefficient (Wildman–Crippen LogP) is 7.34. The molecule has 1 aliphatic heterocycles. The average molecular weight is 502 g/mol. The summed E-state index contributed by atoms with van der Waals surface area (Å²) in [6, 6.07) is 39.3. The van der Waals surface area contributed by atoms with Crippen molar-refractivity contribution in [1.82, 2.24) is 0 Å². The van der Waals surface area contributed by atoms with Crippen molar-refractivity contribution in [3.05, 3.63) is 132 Å². The third kappa shape index (κ3) is 4.61. The molecule has 1 amide bonds. The minimum atomic E-state index is -0.603. The summed E-state index contributed by atoms with van der Waals surface area (Å²) in [4.78, 5) is 28.2. The van der Waals surface area contributed by atoms with E-state index in [1.165, 1.54) is 0 Å². The number of rotatable bonds is 7. The molecule has 37 heavy (non-hydrogen) atoms. The second-order valence-electron chi connectivity index (χ2n) is 8.89. The molecule has 0 N–H and O–H groups in total. The summed E-state index contributed by atoms with van der Waals surface area (Å²) in [5, 5.41) is 2.21. The van der Waals surface area contributed by atoms with E-state index in [1.807, 2.05) is 120 Å². The molecule has 2 atom stereocenters.